The summed E-state index contributed by atoms with van der Waals surface area (Å²) < 4.78 is 0. The summed E-state index contributed by atoms with van der Waals surface area (Å²) in [5.74, 6) is 0. The molecule has 0 aromatic heterocycles. The third-order valence-electron chi connectivity index (χ3n) is 4.62. The van der Waals surface area contributed by atoms with Crippen molar-refractivity contribution in [3.05, 3.63) is 35.4 Å². The summed E-state index contributed by atoms with van der Waals surface area (Å²) in [6.07, 6.45) is 0.380. The van der Waals surface area contributed by atoms with Crippen LogP contribution in [0.1, 0.15) is 78.5 Å². The van der Waals surface area contributed by atoms with Gasteiger partial charge in [-0.1, -0.05) is 43.3 Å². The second kappa shape index (κ2) is 11.4. The topological polar surface area (TPSA) is 101 Å². The van der Waals surface area contributed by atoms with Crippen molar-refractivity contribution in [3.8, 4) is 0 Å². The van der Waals surface area contributed by atoms with Gasteiger partial charge in [0.15, 0.2) is 0 Å². The van der Waals surface area contributed by atoms with E-state index in [1.807, 2.05) is 65.8 Å². The molecule has 2 amide bonds. The third kappa shape index (κ3) is 8.51. The molecule has 0 aliphatic heterocycles. The van der Waals surface area contributed by atoms with Crippen molar-refractivity contribution >= 4 is 17.9 Å². The Bertz CT molecular complexity index is 718. The zero-order chi connectivity index (χ0) is 22.0. The van der Waals surface area contributed by atoms with Crippen molar-refractivity contribution in [3.63, 3.8) is 0 Å². The van der Waals surface area contributed by atoms with Gasteiger partial charge in [0.2, 0.25) is 0 Å². The van der Waals surface area contributed by atoms with E-state index in [9.17, 15) is 9.59 Å². The number of rotatable bonds is 9. The Labute approximate surface area is 173 Å². The van der Waals surface area contributed by atoms with Gasteiger partial charge < -0.3 is 15.5 Å². The molecule has 0 aliphatic carbocycles. The molecule has 0 heterocycles. The lowest BCUT2D eigenvalue weighted by Crippen LogP contribution is -2.41. The van der Waals surface area contributed by atoms with Crippen LogP contribution >= 0.6 is 0 Å². The molecular formula is C21H34N4O4. The molecule has 29 heavy (non-hydrogen) atoms. The number of benzene rings is 1. The third-order valence-corrected chi connectivity index (χ3v) is 4.62. The second-order valence-electron chi connectivity index (χ2n) is 7.62. The minimum atomic E-state index is -0.693. The van der Waals surface area contributed by atoms with E-state index in [0.29, 0.717) is 6.42 Å². The summed E-state index contributed by atoms with van der Waals surface area (Å²) >= 11 is 0. The number of hydrogen-bond donors (Lipinski definition) is 3. The zero-order valence-corrected chi connectivity index (χ0v) is 18.5. The number of carbonyl (C=O) groups excluding carboxylic acids is 2. The molecule has 3 N–H and O–H groups in total. The van der Waals surface area contributed by atoms with Crippen LogP contribution in [-0.4, -0.2) is 23.9 Å². The van der Waals surface area contributed by atoms with Gasteiger partial charge in [-0.25, -0.2) is 9.59 Å². The minimum Gasteiger partial charge on any atom is -0.354 e. The van der Waals surface area contributed by atoms with E-state index in [-0.39, 0.29) is 12.1 Å². The Morgan fingerprint density at radius 1 is 1.17 bits per heavy atom. The van der Waals surface area contributed by atoms with Crippen molar-refractivity contribution in [2.24, 2.45) is 5.16 Å². The predicted octanol–water partition coefficient (Wildman–Crippen LogP) is 4.52. The second-order valence-corrected chi connectivity index (χ2v) is 7.62. The van der Waals surface area contributed by atoms with Gasteiger partial charge in [0.25, 0.3) is 0 Å². The zero-order valence-electron chi connectivity index (χ0n) is 18.5. The fraction of sp³-hybridized carbons (Fsp3) is 0.571. The van der Waals surface area contributed by atoms with Gasteiger partial charge in [0.05, 0.1) is 17.3 Å². The molecule has 1 aromatic rings. The number of hydrogen-bond acceptors (Lipinski definition) is 6. The summed E-state index contributed by atoms with van der Waals surface area (Å²) in [5, 5.41) is 9.36. The van der Waals surface area contributed by atoms with Crippen LogP contribution in [-0.2, 0) is 15.2 Å². The van der Waals surface area contributed by atoms with Gasteiger partial charge in [0.1, 0.15) is 0 Å². The van der Waals surface area contributed by atoms with E-state index in [2.05, 4.69) is 21.3 Å². The highest BCUT2D eigenvalue weighted by molar-refractivity contribution is 5.82. The van der Waals surface area contributed by atoms with E-state index in [0.717, 1.165) is 23.3 Å². The molecule has 0 spiro atoms. The Kier molecular flexibility index (Phi) is 9.61. The molecule has 0 bridgehead atoms. The molecule has 2 atom stereocenters. The maximum atomic E-state index is 12.0. The highest BCUT2D eigenvalue weighted by Crippen LogP contribution is 2.24. The van der Waals surface area contributed by atoms with Crippen LogP contribution in [0.5, 0.6) is 0 Å². The Morgan fingerprint density at radius 2 is 1.86 bits per heavy atom. The first-order chi connectivity index (χ1) is 13.6. The molecule has 0 aliphatic rings. The Morgan fingerprint density at radius 3 is 2.48 bits per heavy atom. The smallest absolute Gasteiger partial charge is 0.354 e. The molecule has 1 aromatic carbocycles. The molecule has 8 heteroatoms. The molecule has 1 rings (SSSR count). The fourth-order valence-electron chi connectivity index (χ4n) is 2.26. The summed E-state index contributed by atoms with van der Waals surface area (Å²) in [4.78, 5) is 33.9. The summed E-state index contributed by atoms with van der Waals surface area (Å²) in [6, 6.07) is 7.41. The monoisotopic (exact) mass is 406 g/mol. The SMILES string of the molecule is CC/C(C)=N/OC(=O)NC(C)(C)c1cccc(C(C)NC(=O)ONC(C)CC)c1. The first kappa shape index (κ1) is 24.4. The highest BCUT2D eigenvalue weighted by Gasteiger charge is 2.25. The van der Waals surface area contributed by atoms with Gasteiger partial charge >= 0.3 is 12.2 Å². The lowest BCUT2D eigenvalue weighted by molar-refractivity contribution is 0.0690. The minimum absolute atomic E-state index is 0.0801. The molecule has 0 radical (unpaired) electrons. The first-order valence-electron chi connectivity index (χ1n) is 9.94. The van der Waals surface area contributed by atoms with Gasteiger partial charge in [-0.05, 0) is 58.6 Å². The van der Waals surface area contributed by atoms with Gasteiger partial charge in [0, 0.05) is 6.04 Å². The first-order valence-corrected chi connectivity index (χ1v) is 9.94. The summed E-state index contributed by atoms with van der Waals surface area (Å²) in [6.45, 7) is 13.2. The molecule has 0 saturated heterocycles. The van der Waals surface area contributed by atoms with Crippen LogP contribution in [0.3, 0.4) is 0 Å². The Balaban J connectivity index is 2.76. The molecule has 162 valence electrons. The van der Waals surface area contributed by atoms with Crippen molar-refractivity contribution < 1.29 is 19.3 Å². The van der Waals surface area contributed by atoms with Gasteiger partial charge in [-0.15, -0.1) is 5.48 Å². The summed E-state index contributed by atoms with van der Waals surface area (Å²) in [7, 11) is 0. The fourth-order valence-corrected chi connectivity index (χ4v) is 2.26. The van der Waals surface area contributed by atoms with Crippen molar-refractivity contribution in [2.45, 2.75) is 78.9 Å². The van der Waals surface area contributed by atoms with E-state index in [4.69, 9.17) is 9.68 Å². The average molecular weight is 407 g/mol. The van der Waals surface area contributed by atoms with Crippen LogP contribution in [0.4, 0.5) is 9.59 Å². The molecule has 0 fully saturated rings. The lowest BCUT2D eigenvalue weighted by Gasteiger charge is -2.27. The standard InChI is InChI=1S/C21H34N4O4/c1-8-14(3)24-28-19(26)22-16(5)17-11-10-12-18(13-17)21(6,7)23-20(27)29-25-15(4)9-2/h10-14,16,24H,8-9H2,1-7H3,(H,22,26)(H,23,27)/b25-15+. The molecule has 0 saturated carbocycles. The summed E-state index contributed by atoms with van der Waals surface area (Å²) in [5.41, 5.74) is 4.47. The maximum absolute atomic E-state index is 12.0. The van der Waals surface area contributed by atoms with Crippen LogP contribution < -0.4 is 16.1 Å². The van der Waals surface area contributed by atoms with Crippen molar-refractivity contribution in [1.82, 2.24) is 16.1 Å². The Hall–Kier alpha value is -2.61. The van der Waals surface area contributed by atoms with Crippen LogP contribution in [0.2, 0.25) is 0 Å². The van der Waals surface area contributed by atoms with Crippen LogP contribution in [0.15, 0.2) is 29.4 Å². The van der Waals surface area contributed by atoms with E-state index in [1.54, 1.807) is 6.92 Å². The van der Waals surface area contributed by atoms with Gasteiger partial charge in [-0.3, -0.25) is 4.84 Å². The van der Waals surface area contributed by atoms with Crippen molar-refractivity contribution in [2.75, 3.05) is 0 Å². The quantitative estimate of drug-likeness (QED) is 0.318. The maximum Gasteiger partial charge on any atom is 0.434 e. The van der Waals surface area contributed by atoms with E-state index >= 15 is 0 Å². The van der Waals surface area contributed by atoms with Gasteiger partial charge in [-0.2, -0.15) is 0 Å². The number of nitrogens with one attached hydrogen (secondary N) is 3. The largest absolute Gasteiger partial charge is 0.434 e. The number of oxime groups is 1. The number of amides is 2. The average Bonchev–Trinajstić information content (AvgIpc) is 2.69. The van der Waals surface area contributed by atoms with Crippen LogP contribution in [0, 0.1) is 0 Å². The number of carbonyl (C=O) groups is 2. The molecular weight excluding hydrogens is 372 g/mol. The lowest BCUT2D eigenvalue weighted by atomic mass is 9.92. The van der Waals surface area contributed by atoms with Crippen molar-refractivity contribution in [1.29, 1.82) is 0 Å². The number of nitrogens with zero attached hydrogens (tertiary/aromatic N) is 1. The predicted molar refractivity (Wildman–Crippen MR) is 113 cm³/mol. The molecule has 8 nitrogen and oxygen atoms in total. The normalized spacial score (nSPS) is 14.0. The van der Waals surface area contributed by atoms with E-state index < -0.39 is 17.7 Å². The van der Waals surface area contributed by atoms with Crippen LogP contribution in [0.25, 0.3) is 0 Å². The highest BCUT2D eigenvalue weighted by atomic mass is 16.7. The van der Waals surface area contributed by atoms with E-state index in [1.165, 1.54) is 0 Å². The molecule has 2 unspecified atom stereocenters. The number of hydroxylamine groups is 1.